The number of hydrogen-bond acceptors (Lipinski definition) is 7. The topological polar surface area (TPSA) is 91.6 Å². The first-order valence-corrected chi connectivity index (χ1v) is 11.0. The molecule has 0 aliphatic heterocycles. The molecule has 0 unspecified atom stereocenters. The minimum absolute atomic E-state index is 0.163. The first-order chi connectivity index (χ1) is 17.0. The molecule has 0 spiro atoms. The molecule has 0 aliphatic carbocycles. The van der Waals surface area contributed by atoms with E-state index in [1.807, 2.05) is 48.5 Å². The quantitative estimate of drug-likeness (QED) is 0.365. The van der Waals surface area contributed by atoms with Gasteiger partial charge in [-0.25, -0.2) is 9.97 Å². The van der Waals surface area contributed by atoms with Crippen LogP contribution >= 0.6 is 0 Å². The van der Waals surface area contributed by atoms with Crippen LogP contribution in [0.25, 0.3) is 17.2 Å². The predicted molar refractivity (Wildman–Crippen MR) is 131 cm³/mol. The molecule has 4 aromatic rings. The molecule has 4 rings (SSSR count). The Morgan fingerprint density at radius 1 is 1.03 bits per heavy atom. The van der Waals surface area contributed by atoms with Crippen LogP contribution < -0.4 is 9.47 Å². The van der Waals surface area contributed by atoms with E-state index < -0.39 is 0 Å². The Morgan fingerprint density at radius 2 is 1.86 bits per heavy atom. The summed E-state index contributed by atoms with van der Waals surface area (Å²) in [5.41, 5.74) is 3.44. The third kappa shape index (κ3) is 5.15. The van der Waals surface area contributed by atoms with E-state index in [1.54, 1.807) is 45.5 Å². The Hall–Kier alpha value is -4.24. The number of aromatic nitrogens is 4. The molecule has 9 nitrogen and oxygen atoms in total. The lowest BCUT2D eigenvalue weighted by atomic mass is 10.1. The molecule has 0 radical (unpaired) electrons. The molecule has 0 aliphatic rings. The minimum Gasteiger partial charge on any atom is -0.497 e. The van der Waals surface area contributed by atoms with Gasteiger partial charge in [0.05, 0.1) is 44.0 Å². The van der Waals surface area contributed by atoms with E-state index in [-0.39, 0.29) is 12.5 Å². The smallest absolute Gasteiger partial charge is 0.257 e. The highest BCUT2D eigenvalue weighted by Crippen LogP contribution is 2.28. The lowest BCUT2D eigenvalue weighted by molar-refractivity contribution is 0.0779. The van der Waals surface area contributed by atoms with Gasteiger partial charge in [-0.15, -0.1) is 0 Å². The summed E-state index contributed by atoms with van der Waals surface area (Å²) in [5, 5.41) is 4.43. The SMILES string of the molecule is COCc1c(C(=O)N(C)Cc2cccc(OC)c2)cnn1-c1nccc(-c2ccccc2OC)n1. The average molecular weight is 474 g/mol. The van der Waals surface area contributed by atoms with Crippen LogP contribution in [0.1, 0.15) is 21.6 Å². The summed E-state index contributed by atoms with van der Waals surface area (Å²) >= 11 is 0. The summed E-state index contributed by atoms with van der Waals surface area (Å²) in [7, 11) is 6.54. The van der Waals surface area contributed by atoms with Gasteiger partial charge in [-0.3, -0.25) is 4.79 Å². The van der Waals surface area contributed by atoms with Crippen LogP contribution in [0.5, 0.6) is 11.5 Å². The average Bonchev–Trinajstić information content (AvgIpc) is 3.32. The van der Waals surface area contributed by atoms with Crippen molar-refractivity contribution in [3.05, 3.63) is 83.8 Å². The predicted octanol–water partition coefficient (Wildman–Crippen LogP) is 3.77. The first-order valence-electron chi connectivity index (χ1n) is 11.0. The highest BCUT2D eigenvalue weighted by atomic mass is 16.5. The number of amides is 1. The largest absolute Gasteiger partial charge is 0.497 e. The number of hydrogen-bond donors (Lipinski definition) is 0. The minimum atomic E-state index is -0.188. The van der Waals surface area contributed by atoms with Gasteiger partial charge in [-0.2, -0.15) is 9.78 Å². The molecule has 0 bridgehead atoms. The maximum absolute atomic E-state index is 13.3. The van der Waals surface area contributed by atoms with Gasteiger partial charge in [0, 0.05) is 32.5 Å². The van der Waals surface area contributed by atoms with Crippen molar-refractivity contribution in [2.75, 3.05) is 28.4 Å². The van der Waals surface area contributed by atoms with Crippen molar-refractivity contribution >= 4 is 5.91 Å². The van der Waals surface area contributed by atoms with Crippen molar-refractivity contribution in [1.82, 2.24) is 24.6 Å². The van der Waals surface area contributed by atoms with Gasteiger partial charge in [0.1, 0.15) is 11.5 Å². The van der Waals surface area contributed by atoms with Crippen molar-refractivity contribution in [2.24, 2.45) is 0 Å². The summed E-state index contributed by atoms with van der Waals surface area (Å²) in [5.74, 6) is 1.58. The molecule has 2 heterocycles. The Morgan fingerprint density at radius 3 is 2.63 bits per heavy atom. The van der Waals surface area contributed by atoms with E-state index >= 15 is 0 Å². The molecule has 0 fully saturated rings. The van der Waals surface area contributed by atoms with Crippen molar-refractivity contribution in [1.29, 1.82) is 0 Å². The van der Waals surface area contributed by atoms with Gasteiger partial charge >= 0.3 is 0 Å². The number of nitrogens with zero attached hydrogens (tertiary/aromatic N) is 5. The first kappa shape index (κ1) is 23.9. The second kappa shape index (κ2) is 10.8. The summed E-state index contributed by atoms with van der Waals surface area (Å²) in [4.78, 5) is 24.0. The van der Waals surface area contributed by atoms with Gasteiger partial charge in [0.15, 0.2) is 0 Å². The number of carbonyl (C=O) groups excluding carboxylic acids is 1. The van der Waals surface area contributed by atoms with Crippen LogP contribution in [0.4, 0.5) is 0 Å². The monoisotopic (exact) mass is 473 g/mol. The van der Waals surface area contributed by atoms with Gasteiger partial charge < -0.3 is 19.1 Å². The summed E-state index contributed by atoms with van der Waals surface area (Å²) in [6.07, 6.45) is 3.18. The molecule has 2 aromatic carbocycles. The zero-order valence-electron chi connectivity index (χ0n) is 20.1. The summed E-state index contributed by atoms with van der Waals surface area (Å²) in [6.45, 7) is 0.573. The molecule has 2 aromatic heterocycles. The number of ether oxygens (including phenoxy) is 3. The third-order valence-electron chi connectivity index (χ3n) is 5.50. The normalized spacial score (nSPS) is 10.7. The van der Waals surface area contributed by atoms with Crippen molar-refractivity contribution in [2.45, 2.75) is 13.2 Å². The molecule has 0 atom stereocenters. The van der Waals surface area contributed by atoms with Crippen LogP contribution in [0.15, 0.2) is 67.0 Å². The zero-order valence-corrected chi connectivity index (χ0v) is 20.1. The van der Waals surface area contributed by atoms with Gasteiger partial charge in [-0.05, 0) is 35.9 Å². The van der Waals surface area contributed by atoms with Crippen molar-refractivity contribution < 1.29 is 19.0 Å². The van der Waals surface area contributed by atoms with Crippen LogP contribution in [0.3, 0.4) is 0 Å². The van der Waals surface area contributed by atoms with E-state index in [2.05, 4.69) is 15.1 Å². The van der Waals surface area contributed by atoms with E-state index in [4.69, 9.17) is 14.2 Å². The second-order valence-corrected chi connectivity index (χ2v) is 7.80. The summed E-state index contributed by atoms with van der Waals surface area (Å²) < 4.78 is 17.7. The number of rotatable bonds is 9. The Bertz CT molecular complexity index is 1320. The highest BCUT2D eigenvalue weighted by Gasteiger charge is 2.23. The van der Waals surface area contributed by atoms with E-state index in [0.717, 1.165) is 16.9 Å². The highest BCUT2D eigenvalue weighted by molar-refractivity contribution is 5.95. The molecule has 0 N–H and O–H groups in total. The molecule has 0 saturated carbocycles. The Labute approximate surface area is 203 Å². The number of benzene rings is 2. The number of methoxy groups -OCH3 is 3. The van der Waals surface area contributed by atoms with Gasteiger partial charge in [0.2, 0.25) is 0 Å². The third-order valence-corrected chi connectivity index (χ3v) is 5.50. The second-order valence-electron chi connectivity index (χ2n) is 7.80. The Kier molecular flexibility index (Phi) is 7.37. The number of para-hydroxylation sites is 1. The maximum Gasteiger partial charge on any atom is 0.257 e. The van der Waals surface area contributed by atoms with Crippen LogP contribution in [-0.4, -0.2) is 58.9 Å². The fourth-order valence-corrected chi connectivity index (χ4v) is 3.78. The van der Waals surface area contributed by atoms with Crippen LogP contribution in [0, 0.1) is 0 Å². The van der Waals surface area contributed by atoms with E-state index in [1.165, 1.54) is 10.9 Å². The number of carbonyl (C=O) groups is 1. The van der Waals surface area contributed by atoms with Crippen LogP contribution in [-0.2, 0) is 17.9 Å². The zero-order chi connectivity index (χ0) is 24.8. The molecular weight excluding hydrogens is 446 g/mol. The summed E-state index contributed by atoms with van der Waals surface area (Å²) in [6, 6.07) is 17.0. The standard InChI is InChI=1S/C26H27N5O4/c1-30(16-18-8-7-9-19(14-18)34-3)25(32)21-15-28-31(23(21)17-33-2)26-27-13-12-22(29-26)20-10-5-6-11-24(20)35-4/h5-15H,16-17H2,1-4H3. The molecular formula is C26H27N5O4. The molecule has 9 heteroatoms. The Balaban J connectivity index is 1.65. The fourth-order valence-electron chi connectivity index (χ4n) is 3.78. The maximum atomic E-state index is 13.3. The van der Waals surface area contributed by atoms with E-state index in [9.17, 15) is 4.79 Å². The molecule has 0 saturated heterocycles. The van der Waals surface area contributed by atoms with Crippen LogP contribution in [0.2, 0.25) is 0 Å². The van der Waals surface area contributed by atoms with Crippen molar-refractivity contribution in [3.63, 3.8) is 0 Å². The van der Waals surface area contributed by atoms with Gasteiger partial charge in [-0.1, -0.05) is 24.3 Å². The van der Waals surface area contributed by atoms with Gasteiger partial charge in [0.25, 0.3) is 11.9 Å². The lowest BCUT2D eigenvalue weighted by Gasteiger charge is -2.18. The lowest BCUT2D eigenvalue weighted by Crippen LogP contribution is -2.27. The fraction of sp³-hybridized carbons (Fsp3) is 0.231. The van der Waals surface area contributed by atoms with Crippen molar-refractivity contribution in [3.8, 4) is 28.7 Å². The molecule has 180 valence electrons. The molecule has 35 heavy (non-hydrogen) atoms. The van der Waals surface area contributed by atoms with E-state index in [0.29, 0.717) is 35.2 Å². The molecule has 1 amide bonds.